The van der Waals surface area contributed by atoms with Crippen LogP contribution in [-0.4, -0.2) is 35.1 Å². The van der Waals surface area contributed by atoms with Gasteiger partial charge in [0.2, 0.25) is 5.91 Å². The molecule has 122 valence electrons. The molecule has 2 heterocycles. The largest absolute Gasteiger partial charge is 0.355 e. The lowest BCUT2D eigenvalue weighted by atomic mass is 9.98. The number of nitrogens with zero attached hydrogens (tertiary/aromatic N) is 2. The van der Waals surface area contributed by atoms with Crippen LogP contribution in [0.25, 0.3) is 0 Å². The number of nitrogens with one attached hydrogen (secondary N) is 2. The Hall–Kier alpha value is -0.780. The number of carbonyl (C=O) groups is 1. The molecular formula is C14H26Cl2N4O. The van der Waals surface area contributed by atoms with Crippen LogP contribution in [-0.2, 0) is 11.3 Å². The summed E-state index contributed by atoms with van der Waals surface area (Å²) >= 11 is 0. The van der Waals surface area contributed by atoms with Gasteiger partial charge >= 0.3 is 0 Å². The van der Waals surface area contributed by atoms with E-state index in [4.69, 9.17) is 0 Å². The zero-order valence-corrected chi connectivity index (χ0v) is 14.3. The van der Waals surface area contributed by atoms with Crippen LogP contribution < -0.4 is 10.6 Å². The minimum absolute atomic E-state index is 0. The van der Waals surface area contributed by atoms with E-state index >= 15 is 0 Å². The average molecular weight is 337 g/mol. The third-order valence-corrected chi connectivity index (χ3v) is 3.72. The van der Waals surface area contributed by atoms with Crippen LogP contribution in [0, 0.1) is 18.8 Å². The van der Waals surface area contributed by atoms with E-state index < -0.39 is 0 Å². The van der Waals surface area contributed by atoms with Crippen LogP contribution in [0.1, 0.15) is 25.6 Å². The molecule has 1 fully saturated rings. The quantitative estimate of drug-likeness (QED) is 0.861. The standard InChI is InChI=1S/C14H24N4O.2ClH/c1-11(10-18-7-6-16-12(18)2)8-17-14(19)13-4-3-5-15-9-13;;/h6-7,11,13,15H,3-5,8-10H2,1-2H3,(H,17,19);2*1H. The Labute approximate surface area is 139 Å². The molecule has 1 aliphatic rings. The first kappa shape index (κ1) is 20.2. The molecular weight excluding hydrogens is 311 g/mol. The highest BCUT2D eigenvalue weighted by Crippen LogP contribution is 2.10. The first-order valence-electron chi connectivity index (χ1n) is 7.13. The van der Waals surface area contributed by atoms with Crippen LogP contribution >= 0.6 is 24.8 Å². The van der Waals surface area contributed by atoms with Crippen LogP contribution in [0.4, 0.5) is 0 Å². The Kier molecular flexibility index (Phi) is 9.66. The fourth-order valence-electron chi connectivity index (χ4n) is 2.49. The second kappa shape index (κ2) is 10.0. The van der Waals surface area contributed by atoms with Crippen molar-refractivity contribution in [2.75, 3.05) is 19.6 Å². The van der Waals surface area contributed by atoms with E-state index in [2.05, 4.69) is 27.1 Å². The smallest absolute Gasteiger partial charge is 0.224 e. The number of aromatic nitrogens is 2. The number of carbonyl (C=O) groups excluding carboxylic acids is 1. The van der Waals surface area contributed by atoms with Crippen molar-refractivity contribution in [2.45, 2.75) is 33.2 Å². The van der Waals surface area contributed by atoms with Gasteiger partial charge in [0.25, 0.3) is 0 Å². The van der Waals surface area contributed by atoms with Crippen molar-refractivity contribution in [1.29, 1.82) is 0 Å². The summed E-state index contributed by atoms with van der Waals surface area (Å²) in [5.74, 6) is 1.78. The Bertz CT molecular complexity index is 419. The molecule has 0 bridgehead atoms. The van der Waals surface area contributed by atoms with Gasteiger partial charge in [-0.25, -0.2) is 4.98 Å². The lowest BCUT2D eigenvalue weighted by Crippen LogP contribution is -2.42. The van der Waals surface area contributed by atoms with Gasteiger partial charge < -0.3 is 15.2 Å². The summed E-state index contributed by atoms with van der Waals surface area (Å²) in [6.07, 6.45) is 5.91. The van der Waals surface area contributed by atoms with Gasteiger partial charge in [0.15, 0.2) is 0 Å². The minimum Gasteiger partial charge on any atom is -0.355 e. The predicted octanol–water partition coefficient (Wildman–Crippen LogP) is 1.79. The molecule has 21 heavy (non-hydrogen) atoms. The molecule has 1 aromatic rings. The second-order valence-corrected chi connectivity index (χ2v) is 5.52. The van der Waals surface area contributed by atoms with E-state index in [1.807, 2.05) is 19.3 Å². The monoisotopic (exact) mass is 336 g/mol. The van der Waals surface area contributed by atoms with Gasteiger partial charge in [0.1, 0.15) is 5.82 Å². The summed E-state index contributed by atoms with van der Waals surface area (Å²) in [5.41, 5.74) is 0. The summed E-state index contributed by atoms with van der Waals surface area (Å²) in [6.45, 7) is 7.64. The number of rotatable bonds is 5. The molecule has 1 aliphatic heterocycles. The molecule has 5 nitrogen and oxygen atoms in total. The number of amides is 1. The summed E-state index contributed by atoms with van der Waals surface area (Å²) < 4.78 is 2.12. The highest BCUT2D eigenvalue weighted by molar-refractivity contribution is 5.85. The summed E-state index contributed by atoms with van der Waals surface area (Å²) in [5, 5.41) is 6.35. The van der Waals surface area contributed by atoms with Crippen molar-refractivity contribution in [2.24, 2.45) is 11.8 Å². The molecule has 1 amide bonds. The van der Waals surface area contributed by atoms with Crippen molar-refractivity contribution in [3.63, 3.8) is 0 Å². The topological polar surface area (TPSA) is 59.0 Å². The third-order valence-electron chi connectivity index (χ3n) is 3.72. The molecule has 0 aromatic carbocycles. The van der Waals surface area contributed by atoms with Crippen molar-refractivity contribution < 1.29 is 4.79 Å². The third kappa shape index (κ3) is 6.24. The van der Waals surface area contributed by atoms with Gasteiger partial charge in [-0.2, -0.15) is 0 Å². The van der Waals surface area contributed by atoms with Crippen molar-refractivity contribution in [1.82, 2.24) is 20.2 Å². The first-order chi connectivity index (χ1) is 9.16. The van der Waals surface area contributed by atoms with Crippen LogP contribution in [0.3, 0.4) is 0 Å². The maximum Gasteiger partial charge on any atom is 0.224 e. The van der Waals surface area contributed by atoms with Gasteiger partial charge in [-0.15, -0.1) is 24.8 Å². The summed E-state index contributed by atoms with van der Waals surface area (Å²) in [6, 6.07) is 0. The van der Waals surface area contributed by atoms with E-state index in [9.17, 15) is 4.79 Å². The molecule has 0 aliphatic carbocycles. The van der Waals surface area contributed by atoms with E-state index in [0.717, 1.165) is 44.8 Å². The van der Waals surface area contributed by atoms with Gasteiger partial charge in [-0.1, -0.05) is 6.92 Å². The maximum atomic E-state index is 12.0. The number of aryl methyl sites for hydroxylation is 1. The number of halogens is 2. The van der Waals surface area contributed by atoms with E-state index in [0.29, 0.717) is 5.92 Å². The zero-order valence-electron chi connectivity index (χ0n) is 12.7. The van der Waals surface area contributed by atoms with E-state index in [1.54, 1.807) is 0 Å². The average Bonchev–Trinajstić information content (AvgIpc) is 2.82. The highest BCUT2D eigenvalue weighted by atomic mass is 35.5. The molecule has 7 heteroatoms. The number of imidazole rings is 1. The molecule has 2 rings (SSSR count). The highest BCUT2D eigenvalue weighted by Gasteiger charge is 2.20. The second-order valence-electron chi connectivity index (χ2n) is 5.52. The van der Waals surface area contributed by atoms with E-state index in [-0.39, 0.29) is 36.6 Å². The molecule has 0 spiro atoms. The fraction of sp³-hybridized carbons (Fsp3) is 0.714. The maximum absolute atomic E-state index is 12.0. The van der Waals surface area contributed by atoms with Crippen LogP contribution in [0.5, 0.6) is 0 Å². The molecule has 2 N–H and O–H groups in total. The van der Waals surface area contributed by atoms with Gasteiger partial charge in [0, 0.05) is 32.0 Å². The predicted molar refractivity (Wildman–Crippen MR) is 89.2 cm³/mol. The Balaban J connectivity index is 0.00000200. The lowest BCUT2D eigenvalue weighted by molar-refractivity contribution is -0.125. The Morgan fingerprint density at radius 2 is 2.33 bits per heavy atom. The summed E-state index contributed by atoms with van der Waals surface area (Å²) in [7, 11) is 0. The molecule has 0 radical (unpaired) electrons. The molecule has 2 unspecified atom stereocenters. The minimum atomic E-state index is 0. The van der Waals surface area contributed by atoms with Crippen molar-refractivity contribution in [3.05, 3.63) is 18.2 Å². The van der Waals surface area contributed by atoms with Gasteiger partial charge in [0.05, 0.1) is 5.92 Å². The first-order valence-corrected chi connectivity index (χ1v) is 7.13. The number of hydrogen-bond acceptors (Lipinski definition) is 3. The zero-order chi connectivity index (χ0) is 13.7. The fourth-order valence-corrected chi connectivity index (χ4v) is 2.49. The van der Waals surface area contributed by atoms with Crippen molar-refractivity contribution >= 4 is 30.7 Å². The Morgan fingerprint density at radius 3 is 2.90 bits per heavy atom. The van der Waals surface area contributed by atoms with Gasteiger partial charge in [-0.05, 0) is 32.2 Å². The molecule has 2 atom stereocenters. The number of piperidine rings is 1. The van der Waals surface area contributed by atoms with Gasteiger partial charge in [-0.3, -0.25) is 4.79 Å². The van der Waals surface area contributed by atoms with Crippen LogP contribution in [0.15, 0.2) is 12.4 Å². The van der Waals surface area contributed by atoms with E-state index in [1.165, 1.54) is 0 Å². The molecule has 1 saturated heterocycles. The number of hydrogen-bond donors (Lipinski definition) is 2. The lowest BCUT2D eigenvalue weighted by Gasteiger charge is -2.23. The summed E-state index contributed by atoms with van der Waals surface area (Å²) in [4.78, 5) is 16.2. The van der Waals surface area contributed by atoms with Crippen LogP contribution in [0.2, 0.25) is 0 Å². The Morgan fingerprint density at radius 1 is 1.57 bits per heavy atom. The molecule has 1 aromatic heterocycles. The normalized spacial score (nSPS) is 19.0. The van der Waals surface area contributed by atoms with Crippen molar-refractivity contribution in [3.8, 4) is 0 Å². The SMILES string of the molecule is Cc1nccn1CC(C)CNC(=O)C1CCCNC1.Cl.Cl. The molecule has 0 saturated carbocycles.